The van der Waals surface area contributed by atoms with E-state index < -0.39 is 11.8 Å². The molecule has 0 amide bonds. The van der Waals surface area contributed by atoms with Gasteiger partial charge in [-0.3, -0.25) is 4.79 Å². The second-order valence-electron chi connectivity index (χ2n) is 6.79. The Hall–Kier alpha value is -3.45. The quantitative estimate of drug-likeness (QED) is 0.269. The molecule has 0 bridgehead atoms. The van der Waals surface area contributed by atoms with Gasteiger partial charge in [0.05, 0.1) is 18.2 Å². The number of allylic oxidation sites excluding steroid dienone is 1. The van der Waals surface area contributed by atoms with E-state index in [1.807, 2.05) is 12.1 Å². The van der Waals surface area contributed by atoms with Crippen molar-refractivity contribution in [3.8, 4) is 17.2 Å². The van der Waals surface area contributed by atoms with Gasteiger partial charge in [0.25, 0.3) is 0 Å². The van der Waals surface area contributed by atoms with Crippen LogP contribution in [0, 0.1) is 12.7 Å². The van der Waals surface area contributed by atoms with Gasteiger partial charge in [-0.25, -0.2) is 9.18 Å². The molecule has 0 spiro atoms. The smallest absolute Gasteiger partial charge is 0.343 e. The summed E-state index contributed by atoms with van der Waals surface area (Å²) < 4.78 is 30.5. The number of fused-ring (bicyclic) bond motifs is 1. The first kappa shape index (κ1) is 20.8. The van der Waals surface area contributed by atoms with E-state index in [9.17, 15) is 14.0 Å². The fourth-order valence-corrected chi connectivity index (χ4v) is 3.56. The first-order chi connectivity index (χ1) is 14.9. The fourth-order valence-electron chi connectivity index (χ4n) is 3.18. The molecule has 1 aliphatic rings. The summed E-state index contributed by atoms with van der Waals surface area (Å²) in [4.78, 5) is 25.2. The van der Waals surface area contributed by atoms with Crippen LogP contribution in [0.15, 0.2) is 64.8 Å². The van der Waals surface area contributed by atoms with Gasteiger partial charge in [-0.05, 0) is 67.6 Å². The Labute approximate surface area is 186 Å². The first-order valence-electron chi connectivity index (χ1n) is 9.26. The third kappa shape index (κ3) is 4.09. The highest BCUT2D eigenvalue weighted by Gasteiger charge is 2.31. The minimum absolute atomic E-state index is 0.136. The maximum atomic E-state index is 13.1. The number of hydrogen-bond acceptors (Lipinski definition) is 5. The van der Waals surface area contributed by atoms with E-state index in [0.717, 1.165) is 4.47 Å². The molecule has 0 fully saturated rings. The Bertz CT molecular complexity index is 1230. The van der Waals surface area contributed by atoms with Crippen LogP contribution in [0.4, 0.5) is 4.39 Å². The van der Waals surface area contributed by atoms with E-state index in [2.05, 4.69) is 15.9 Å². The zero-order chi connectivity index (χ0) is 22.1. The van der Waals surface area contributed by atoms with Gasteiger partial charge in [-0.1, -0.05) is 15.9 Å². The van der Waals surface area contributed by atoms with Gasteiger partial charge < -0.3 is 14.2 Å². The Balaban J connectivity index is 1.63. The normalized spacial score (nSPS) is 13.7. The van der Waals surface area contributed by atoms with E-state index in [1.165, 1.54) is 24.3 Å². The summed E-state index contributed by atoms with van der Waals surface area (Å²) in [7, 11) is 1.54. The molecule has 7 heteroatoms. The fraction of sp³-hybridized carbons (Fsp3) is 0.0833. The third-order valence-electron chi connectivity index (χ3n) is 4.80. The zero-order valence-electron chi connectivity index (χ0n) is 16.6. The molecule has 0 saturated carbocycles. The van der Waals surface area contributed by atoms with Crippen molar-refractivity contribution in [2.24, 2.45) is 0 Å². The second kappa shape index (κ2) is 8.35. The Morgan fingerprint density at radius 1 is 1.06 bits per heavy atom. The van der Waals surface area contributed by atoms with Crippen molar-refractivity contribution in [3.05, 3.63) is 92.9 Å². The molecule has 4 rings (SSSR count). The number of ketones is 1. The molecule has 156 valence electrons. The summed E-state index contributed by atoms with van der Waals surface area (Å²) in [5.74, 6) is -0.0564. The molecule has 0 aromatic heterocycles. The van der Waals surface area contributed by atoms with Crippen LogP contribution in [0.25, 0.3) is 6.08 Å². The zero-order valence-corrected chi connectivity index (χ0v) is 18.2. The molecule has 0 atom stereocenters. The summed E-state index contributed by atoms with van der Waals surface area (Å²) in [6.07, 6.45) is 1.61. The minimum Gasteiger partial charge on any atom is -0.496 e. The van der Waals surface area contributed by atoms with Crippen molar-refractivity contribution in [2.75, 3.05) is 7.11 Å². The Morgan fingerprint density at radius 3 is 2.48 bits per heavy atom. The number of carbonyl (C=O) groups is 2. The number of hydrogen-bond donors (Lipinski definition) is 0. The molecular weight excluding hydrogens is 467 g/mol. The highest BCUT2D eigenvalue weighted by molar-refractivity contribution is 9.10. The predicted octanol–water partition coefficient (Wildman–Crippen LogP) is 5.74. The van der Waals surface area contributed by atoms with Crippen LogP contribution in [0.2, 0.25) is 0 Å². The number of methoxy groups -OCH3 is 1. The van der Waals surface area contributed by atoms with Crippen molar-refractivity contribution in [1.82, 2.24) is 0 Å². The average Bonchev–Trinajstić information content (AvgIpc) is 3.07. The number of Topliss-reactive ketones (excluding diaryl/α,β-unsaturated/α-hetero) is 1. The summed E-state index contributed by atoms with van der Waals surface area (Å²) >= 11 is 3.41. The minimum atomic E-state index is -0.637. The molecule has 31 heavy (non-hydrogen) atoms. The molecule has 3 aromatic carbocycles. The Kier molecular flexibility index (Phi) is 5.61. The van der Waals surface area contributed by atoms with Crippen molar-refractivity contribution in [3.63, 3.8) is 0 Å². The highest BCUT2D eigenvalue weighted by atomic mass is 79.9. The monoisotopic (exact) mass is 482 g/mol. The number of rotatable bonds is 4. The van der Waals surface area contributed by atoms with Gasteiger partial charge in [-0.15, -0.1) is 0 Å². The van der Waals surface area contributed by atoms with Crippen LogP contribution >= 0.6 is 15.9 Å². The standard InChI is InChI=1S/C24H16BrFO5/c1-13-19(31-24(28)14-3-6-17(26)7-4-14)10-8-18-22(27)21(30-23(13)18)12-15-11-16(25)5-9-20(15)29-2/h3-12H,1-2H3/b21-12-. The topological polar surface area (TPSA) is 61.8 Å². The summed E-state index contributed by atoms with van der Waals surface area (Å²) in [6, 6.07) is 13.6. The Morgan fingerprint density at radius 2 is 1.77 bits per heavy atom. The van der Waals surface area contributed by atoms with Crippen molar-refractivity contribution in [2.45, 2.75) is 6.92 Å². The van der Waals surface area contributed by atoms with Crippen LogP contribution in [-0.4, -0.2) is 18.9 Å². The molecular formula is C24H16BrFO5. The van der Waals surface area contributed by atoms with Crippen LogP contribution in [0.3, 0.4) is 0 Å². The third-order valence-corrected chi connectivity index (χ3v) is 5.29. The maximum absolute atomic E-state index is 13.1. The maximum Gasteiger partial charge on any atom is 0.343 e. The van der Waals surface area contributed by atoms with E-state index in [0.29, 0.717) is 28.2 Å². The molecule has 0 radical (unpaired) electrons. The lowest BCUT2D eigenvalue weighted by molar-refractivity contribution is 0.0733. The van der Waals surface area contributed by atoms with Crippen LogP contribution in [0.5, 0.6) is 17.2 Å². The SMILES string of the molecule is COc1ccc(Br)cc1/C=C1\Oc2c(ccc(OC(=O)c3ccc(F)cc3)c2C)C1=O. The van der Waals surface area contributed by atoms with E-state index in [1.54, 1.807) is 38.3 Å². The van der Waals surface area contributed by atoms with Crippen LogP contribution in [-0.2, 0) is 0 Å². The number of esters is 1. The second-order valence-corrected chi connectivity index (χ2v) is 7.70. The summed E-state index contributed by atoms with van der Waals surface area (Å²) in [5.41, 5.74) is 1.76. The highest BCUT2D eigenvalue weighted by Crippen LogP contribution is 2.40. The number of carbonyl (C=O) groups excluding carboxylic acids is 2. The van der Waals surface area contributed by atoms with Gasteiger partial charge in [-0.2, -0.15) is 0 Å². The molecule has 1 aliphatic heterocycles. The molecule has 0 unspecified atom stereocenters. The molecule has 5 nitrogen and oxygen atoms in total. The molecule has 0 saturated heterocycles. The van der Waals surface area contributed by atoms with Gasteiger partial charge in [0.15, 0.2) is 5.76 Å². The van der Waals surface area contributed by atoms with Gasteiger partial charge in [0.1, 0.15) is 23.1 Å². The van der Waals surface area contributed by atoms with Gasteiger partial charge >= 0.3 is 5.97 Å². The van der Waals surface area contributed by atoms with Crippen molar-refractivity contribution in [1.29, 1.82) is 0 Å². The molecule has 1 heterocycles. The predicted molar refractivity (Wildman–Crippen MR) is 116 cm³/mol. The molecule has 3 aromatic rings. The average molecular weight is 483 g/mol. The number of halogens is 2. The number of benzene rings is 3. The van der Waals surface area contributed by atoms with Gasteiger partial charge in [0.2, 0.25) is 5.78 Å². The lowest BCUT2D eigenvalue weighted by atomic mass is 10.1. The van der Waals surface area contributed by atoms with Crippen molar-refractivity contribution >= 4 is 33.8 Å². The van der Waals surface area contributed by atoms with Crippen molar-refractivity contribution < 1.29 is 28.2 Å². The van der Waals surface area contributed by atoms with E-state index >= 15 is 0 Å². The first-order valence-corrected chi connectivity index (χ1v) is 10.1. The molecule has 0 N–H and O–H groups in total. The summed E-state index contributed by atoms with van der Waals surface area (Å²) in [6.45, 7) is 1.70. The summed E-state index contributed by atoms with van der Waals surface area (Å²) in [5, 5.41) is 0. The van der Waals surface area contributed by atoms with Crippen LogP contribution < -0.4 is 14.2 Å². The van der Waals surface area contributed by atoms with Gasteiger partial charge in [0, 0.05) is 15.6 Å². The lowest BCUT2D eigenvalue weighted by Crippen LogP contribution is -2.09. The van der Waals surface area contributed by atoms with Crippen LogP contribution in [0.1, 0.15) is 31.8 Å². The lowest BCUT2D eigenvalue weighted by Gasteiger charge is -2.10. The van der Waals surface area contributed by atoms with E-state index in [4.69, 9.17) is 14.2 Å². The number of ether oxygens (including phenoxy) is 3. The molecule has 0 aliphatic carbocycles. The largest absolute Gasteiger partial charge is 0.496 e. The van der Waals surface area contributed by atoms with E-state index in [-0.39, 0.29) is 22.9 Å².